The standard InChI is InChI=1S/C10H6ClN3O3/c11-7-2-1-3-12-9(7)14-4-6(5-15)8(13-14)10(16)17/h1-5H,(H,16,17). The van der Waals surface area contributed by atoms with Crippen LogP contribution >= 0.6 is 11.6 Å². The fraction of sp³-hybridized carbons (Fsp3) is 0. The molecule has 0 aliphatic carbocycles. The van der Waals surface area contributed by atoms with Crippen molar-refractivity contribution >= 4 is 23.9 Å². The molecular formula is C10H6ClN3O3. The molecule has 0 fully saturated rings. The lowest BCUT2D eigenvalue weighted by molar-refractivity contribution is 0.0687. The van der Waals surface area contributed by atoms with Crippen LogP contribution in [0, 0.1) is 0 Å². The Labute approximate surface area is 100 Å². The summed E-state index contributed by atoms with van der Waals surface area (Å²) in [6.45, 7) is 0. The molecule has 0 aromatic carbocycles. The molecule has 0 radical (unpaired) electrons. The zero-order chi connectivity index (χ0) is 12.4. The Hall–Kier alpha value is -2.21. The van der Waals surface area contributed by atoms with Gasteiger partial charge in [0.05, 0.1) is 10.6 Å². The Kier molecular flexibility index (Phi) is 2.88. The van der Waals surface area contributed by atoms with Crippen molar-refractivity contribution in [3.63, 3.8) is 0 Å². The van der Waals surface area contributed by atoms with E-state index in [9.17, 15) is 9.59 Å². The van der Waals surface area contributed by atoms with Crippen molar-refractivity contribution in [2.75, 3.05) is 0 Å². The van der Waals surface area contributed by atoms with E-state index in [0.717, 1.165) is 4.68 Å². The molecule has 0 aliphatic rings. The molecule has 0 amide bonds. The van der Waals surface area contributed by atoms with Gasteiger partial charge in [0.15, 0.2) is 17.8 Å². The Morgan fingerprint density at radius 3 is 2.82 bits per heavy atom. The minimum Gasteiger partial charge on any atom is -0.476 e. The lowest BCUT2D eigenvalue weighted by Gasteiger charge is -2.00. The molecular weight excluding hydrogens is 246 g/mol. The van der Waals surface area contributed by atoms with E-state index in [2.05, 4.69) is 10.1 Å². The van der Waals surface area contributed by atoms with E-state index in [1.165, 1.54) is 12.4 Å². The summed E-state index contributed by atoms with van der Waals surface area (Å²) in [4.78, 5) is 25.5. The van der Waals surface area contributed by atoms with E-state index in [1.54, 1.807) is 12.1 Å². The number of carboxylic acid groups (broad SMARTS) is 1. The first kappa shape index (κ1) is 11.3. The summed E-state index contributed by atoms with van der Waals surface area (Å²) in [6, 6.07) is 3.22. The van der Waals surface area contributed by atoms with Crippen LogP contribution in [0.3, 0.4) is 0 Å². The predicted molar refractivity (Wildman–Crippen MR) is 58.7 cm³/mol. The molecule has 0 spiro atoms. The van der Waals surface area contributed by atoms with Gasteiger partial charge in [-0.25, -0.2) is 14.5 Å². The number of halogens is 1. The molecule has 86 valence electrons. The average Bonchev–Trinajstić information content (AvgIpc) is 2.73. The van der Waals surface area contributed by atoms with Crippen molar-refractivity contribution in [2.45, 2.75) is 0 Å². The van der Waals surface area contributed by atoms with E-state index in [4.69, 9.17) is 16.7 Å². The number of rotatable bonds is 3. The first-order valence-corrected chi connectivity index (χ1v) is 4.90. The van der Waals surface area contributed by atoms with Gasteiger partial charge < -0.3 is 5.11 Å². The highest BCUT2D eigenvalue weighted by Crippen LogP contribution is 2.17. The number of pyridine rings is 1. The maximum Gasteiger partial charge on any atom is 0.357 e. The normalized spacial score (nSPS) is 10.2. The third-order valence-electron chi connectivity index (χ3n) is 2.03. The van der Waals surface area contributed by atoms with Crippen molar-refractivity contribution in [1.82, 2.24) is 14.8 Å². The summed E-state index contributed by atoms with van der Waals surface area (Å²) in [7, 11) is 0. The van der Waals surface area contributed by atoms with Gasteiger partial charge >= 0.3 is 5.97 Å². The molecule has 2 aromatic heterocycles. The Morgan fingerprint density at radius 2 is 2.29 bits per heavy atom. The maximum absolute atomic E-state index is 10.8. The average molecular weight is 252 g/mol. The fourth-order valence-electron chi connectivity index (χ4n) is 1.29. The number of hydrogen-bond donors (Lipinski definition) is 1. The fourth-order valence-corrected chi connectivity index (χ4v) is 1.50. The zero-order valence-electron chi connectivity index (χ0n) is 8.37. The van der Waals surface area contributed by atoms with Gasteiger partial charge in [0, 0.05) is 12.4 Å². The molecule has 7 heteroatoms. The summed E-state index contributed by atoms with van der Waals surface area (Å²) in [5.41, 5.74) is -0.360. The molecule has 0 aliphatic heterocycles. The van der Waals surface area contributed by atoms with Crippen LogP contribution in [0.4, 0.5) is 0 Å². The van der Waals surface area contributed by atoms with Crippen LogP contribution in [-0.2, 0) is 0 Å². The van der Waals surface area contributed by atoms with Gasteiger partial charge in [-0.1, -0.05) is 11.6 Å². The van der Waals surface area contributed by atoms with Crippen molar-refractivity contribution in [3.05, 3.63) is 40.8 Å². The SMILES string of the molecule is O=Cc1cn(-c2ncccc2Cl)nc1C(=O)O. The molecule has 0 saturated carbocycles. The Morgan fingerprint density at radius 1 is 1.53 bits per heavy atom. The highest BCUT2D eigenvalue weighted by molar-refractivity contribution is 6.32. The van der Waals surface area contributed by atoms with Gasteiger partial charge in [-0.2, -0.15) is 5.10 Å². The van der Waals surface area contributed by atoms with Gasteiger partial charge in [0.25, 0.3) is 0 Å². The quantitative estimate of drug-likeness (QED) is 0.834. The lowest BCUT2D eigenvalue weighted by atomic mass is 10.3. The van der Waals surface area contributed by atoms with Gasteiger partial charge in [0.2, 0.25) is 0 Å². The minimum atomic E-state index is -1.28. The van der Waals surface area contributed by atoms with Crippen LogP contribution < -0.4 is 0 Å². The smallest absolute Gasteiger partial charge is 0.357 e. The van der Waals surface area contributed by atoms with Crippen molar-refractivity contribution in [2.24, 2.45) is 0 Å². The predicted octanol–water partition coefficient (Wildman–Crippen LogP) is 1.43. The summed E-state index contributed by atoms with van der Waals surface area (Å²) < 4.78 is 1.16. The van der Waals surface area contributed by atoms with Gasteiger partial charge in [-0.15, -0.1) is 0 Å². The van der Waals surface area contributed by atoms with Gasteiger partial charge in [-0.3, -0.25) is 4.79 Å². The number of aromatic nitrogens is 3. The minimum absolute atomic E-state index is 0.0285. The third-order valence-corrected chi connectivity index (χ3v) is 2.32. The Bertz CT molecular complexity index is 594. The van der Waals surface area contributed by atoms with Crippen LogP contribution in [0.15, 0.2) is 24.5 Å². The molecule has 6 nitrogen and oxygen atoms in total. The molecule has 0 saturated heterocycles. The molecule has 2 heterocycles. The van der Waals surface area contributed by atoms with Crippen LogP contribution in [-0.4, -0.2) is 32.1 Å². The topological polar surface area (TPSA) is 85.1 Å². The molecule has 2 aromatic rings. The zero-order valence-corrected chi connectivity index (χ0v) is 9.13. The second kappa shape index (κ2) is 4.34. The Balaban J connectivity index is 2.58. The molecule has 2 rings (SSSR count). The summed E-state index contributed by atoms with van der Waals surface area (Å²) in [5.74, 6) is -1.01. The van der Waals surface area contributed by atoms with Crippen molar-refractivity contribution in [1.29, 1.82) is 0 Å². The highest BCUT2D eigenvalue weighted by Gasteiger charge is 2.17. The molecule has 0 bridgehead atoms. The van der Waals surface area contributed by atoms with E-state index in [1.807, 2.05) is 0 Å². The monoisotopic (exact) mass is 251 g/mol. The van der Waals surface area contributed by atoms with E-state index in [-0.39, 0.29) is 17.1 Å². The first-order chi connectivity index (χ1) is 8.13. The largest absolute Gasteiger partial charge is 0.476 e. The van der Waals surface area contributed by atoms with E-state index < -0.39 is 5.97 Å². The van der Waals surface area contributed by atoms with Crippen LogP contribution in [0.1, 0.15) is 20.8 Å². The van der Waals surface area contributed by atoms with Crippen molar-refractivity contribution in [3.8, 4) is 5.82 Å². The van der Waals surface area contributed by atoms with Crippen LogP contribution in [0.25, 0.3) is 5.82 Å². The highest BCUT2D eigenvalue weighted by atomic mass is 35.5. The lowest BCUT2D eigenvalue weighted by Crippen LogP contribution is -2.03. The van der Waals surface area contributed by atoms with Crippen LogP contribution in [0.2, 0.25) is 5.02 Å². The molecule has 0 atom stereocenters. The maximum atomic E-state index is 10.8. The van der Waals surface area contributed by atoms with Gasteiger partial charge in [-0.05, 0) is 12.1 Å². The third kappa shape index (κ3) is 2.02. The molecule has 1 N–H and O–H groups in total. The van der Waals surface area contributed by atoms with Crippen LogP contribution in [0.5, 0.6) is 0 Å². The second-order valence-electron chi connectivity index (χ2n) is 3.11. The first-order valence-electron chi connectivity index (χ1n) is 4.52. The summed E-state index contributed by atoms with van der Waals surface area (Å²) in [5, 5.41) is 12.9. The number of nitrogens with zero attached hydrogens (tertiary/aromatic N) is 3. The summed E-state index contributed by atoms with van der Waals surface area (Å²) in [6.07, 6.45) is 3.18. The number of aromatic carboxylic acids is 1. The number of carbonyl (C=O) groups excluding carboxylic acids is 1. The molecule has 0 unspecified atom stereocenters. The summed E-state index contributed by atoms with van der Waals surface area (Å²) >= 11 is 5.88. The van der Waals surface area contributed by atoms with Crippen molar-refractivity contribution < 1.29 is 14.7 Å². The number of carboxylic acids is 1. The number of carbonyl (C=O) groups is 2. The number of aldehydes is 1. The second-order valence-corrected chi connectivity index (χ2v) is 3.52. The van der Waals surface area contributed by atoms with E-state index in [0.29, 0.717) is 11.3 Å². The van der Waals surface area contributed by atoms with E-state index >= 15 is 0 Å². The number of hydrogen-bond acceptors (Lipinski definition) is 4. The van der Waals surface area contributed by atoms with Gasteiger partial charge in [0.1, 0.15) is 0 Å². The molecule has 17 heavy (non-hydrogen) atoms.